The quantitative estimate of drug-likeness (QED) is 0.461. The van der Waals surface area contributed by atoms with Gasteiger partial charge in [0.15, 0.2) is 11.6 Å². The van der Waals surface area contributed by atoms with Crippen LogP contribution in [0.25, 0.3) is 0 Å². The van der Waals surface area contributed by atoms with Gasteiger partial charge in [-0.05, 0) is 30.8 Å². The zero-order valence-corrected chi connectivity index (χ0v) is 22.0. The van der Waals surface area contributed by atoms with E-state index < -0.39 is 5.82 Å². The molecule has 0 spiro atoms. The van der Waals surface area contributed by atoms with E-state index >= 15 is 0 Å². The highest BCUT2D eigenvalue weighted by atomic mass is 19.1. The van der Waals surface area contributed by atoms with E-state index in [4.69, 9.17) is 9.47 Å². The van der Waals surface area contributed by atoms with Gasteiger partial charge in [-0.25, -0.2) is 14.4 Å². The van der Waals surface area contributed by atoms with Crippen LogP contribution in [0.3, 0.4) is 0 Å². The summed E-state index contributed by atoms with van der Waals surface area (Å²) in [6.07, 6.45) is 3.08. The molecule has 4 rings (SSSR count). The molecule has 1 fully saturated rings. The van der Waals surface area contributed by atoms with Crippen LogP contribution in [0, 0.1) is 17.7 Å². The molecule has 0 saturated carbocycles. The molecular formula is C28H31FN6O3. The molecule has 2 heterocycles. The summed E-state index contributed by atoms with van der Waals surface area (Å²) < 4.78 is 25.4. The SMILES string of the molecule is CCN1CCN(c2ccc(Nc3ncc(C#Cc4cc(C(=O)NC)cc(OC)c4F)cn3)cc2OC)CC1. The van der Waals surface area contributed by atoms with Crippen molar-refractivity contribution < 1.29 is 18.7 Å². The molecule has 1 aliphatic rings. The molecule has 1 aliphatic heterocycles. The van der Waals surface area contributed by atoms with Crippen molar-refractivity contribution in [2.24, 2.45) is 0 Å². The largest absolute Gasteiger partial charge is 0.495 e. The number of halogens is 1. The maximum Gasteiger partial charge on any atom is 0.251 e. The third-order valence-corrected chi connectivity index (χ3v) is 6.34. The predicted octanol–water partition coefficient (Wildman–Crippen LogP) is 3.28. The highest BCUT2D eigenvalue weighted by Crippen LogP contribution is 2.32. The molecule has 2 aromatic carbocycles. The van der Waals surface area contributed by atoms with Gasteiger partial charge >= 0.3 is 0 Å². The van der Waals surface area contributed by atoms with Crippen molar-refractivity contribution in [2.75, 3.05) is 64.2 Å². The first-order valence-electron chi connectivity index (χ1n) is 12.3. The van der Waals surface area contributed by atoms with Crippen LogP contribution in [0.2, 0.25) is 0 Å². The molecule has 1 aromatic heterocycles. The lowest BCUT2D eigenvalue weighted by atomic mass is 10.1. The van der Waals surface area contributed by atoms with Gasteiger partial charge in [-0.2, -0.15) is 0 Å². The Morgan fingerprint density at radius 2 is 1.74 bits per heavy atom. The number of hydrogen-bond donors (Lipinski definition) is 2. The van der Waals surface area contributed by atoms with E-state index in [1.807, 2.05) is 18.2 Å². The summed E-state index contributed by atoms with van der Waals surface area (Å²) >= 11 is 0. The number of benzene rings is 2. The third-order valence-electron chi connectivity index (χ3n) is 6.34. The first-order valence-corrected chi connectivity index (χ1v) is 12.3. The normalized spacial score (nSPS) is 13.3. The number of piperazine rings is 1. The van der Waals surface area contributed by atoms with E-state index in [0.29, 0.717) is 11.5 Å². The molecule has 9 nitrogen and oxygen atoms in total. The average molecular weight is 519 g/mol. The number of hydrogen-bond acceptors (Lipinski definition) is 8. The number of carbonyl (C=O) groups is 1. The third kappa shape index (κ3) is 6.12. The van der Waals surface area contributed by atoms with Crippen molar-refractivity contribution >= 4 is 23.2 Å². The molecule has 0 radical (unpaired) electrons. The van der Waals surface area contributed by atoms with E-state index in [9.17, 15) is 9.18 Å². The van der Waals surface area contributed by atoms with Crippen LogP contribution in [0.15, 0.2) is 42.7 Å². The molecule has 198 valence electrons. The van der Waals surface area contributed by atoms with Gasteiger partial charge < -0.3 is 29.9 Å². The van der Waals surface area contributed by atoms with Gasteiger partial charge in [0, 0.05) is 62.9 Å². The number of nitrogens with one attached hydrogen (secondary N) is 2. The Morgan fingerprint density at radius 1 is 1.03 bits per heavy atom. The van der Waals surface area contributed by atoms with Crippen LogP contribution in [-0.2, 0) is 0 Å². The van der Waals surface area contributed by atoms with Gasteiger partial charge in [0.1, 0.15) is 5.75 Å². The van der Waals surface area contributed by atoms with Crippen LogP contribution in [-0.4, -0.2) is 74.8 Å². The van der Waals surface area contributed by atoms with Crippen molar-refractivity contribution in [2.45, 2.75) is 6.92 Å². The Kier molecular flexibility index (Phi) is 8.61. The van der Waals surface area contributed by atoms with Gasteiger partial charge in [0.05, 0.1) is 31.0 Å². The van der Waals surface area contributed by atoms with E-state index in [1.54, 1.807) is 19.5 Å². The number of aromatic nitrogens is 2. The van der Waals surface area contributed by atoms with Crippen LogP contribution in [0.1, 0.15) is 28.4 Å². The highest BCUT2D eigenvalue weighted by molar-refractivity contribution is 5.94. The van der Waals surface area contributed by atoms with Crippen molar-refractivity contribution in [3.8, 4) is 23.3 Å². The smallest absolute Gasteiger partial charge is 0.251 e. The lowest BCUT2D eigenvalue weighted by molar-refractivity contribution is 0.0962. The molecule has 2 N–H and O–H groups in total. The second-order valence-corrected chi connectivity index (χ2v) is 8.60. The van der Waals surface area contributed by atoms with Crippen molar-refractivity contribution in [3.63, 3.8) is 0 Å². The Labute approximate surface area is 222 Å². The van der Waals surface area contributed by atoms with Crippen LogP contribution in [0.5, 0.6) is 11.5 Å². The lowest BCUT2D eigenvalue weighted by Crippen LogP contribution is -2.46. The molecule has 3 aromatic rings. The summed E-state index contributed by atoms with van der Waals surface area (Å²) in [5, 5.41) is 5.68. The summed E-state index contributed by atoms with van der Waals surface area (Å²) in [5.74, 6) is 5.67. The maximum atomic E-state index is 14.7. The molecule has 1 amide bonds. The van der Waals surface area contributed by atoms with Gasteiger partial charge in [0.25, 0.3) is 5.91 Å². The average Bonchev–Trinajstić information content (AvgIpc) is 2.97. The maximum absolute atomic E-state index is 14.7. The molecule has 0 atom stereocenters. The second-order valence-electron chi connectivity index (χ2n) is 8.60. The van der Waals surface area contributed by atoms with Crippen LogP contribution >= 0.6 is 0 Å². The Hall–Kier alpha value is -4.36. The minimum absolute atomic E-state index is 0.0356. The Balaban J connectivity index is 1.47. The van der Waals surface area contributed by atoms with E-state index in [0.717, 1.165) is 49.8 Å². The molecule has 38 heavy (non-hydrogen) atoms. The number of methoxy groups -OCH3 is 2. The minimum atomic E-state index is -0.642. The number of ether oxygens (including phenoxy) is 2. The fourth-order valence-electron chi connectivity index (χ4n) is 4.16. The minimum Gasteiger partial charge on any atom is -0.495 e. The topological polar surface area (TPSA) is 91.9 Å². The number of likely N-dealkylation sites (N-methyl/N-ethyl adjacent to an activating group) is 1. The summed E-state index contributed by atoms with van der Waals surface area (Å²) in [6.45, 7) is 7.22. The van der Waals surface area contributed by atoms with Gasteiger partial charge in [-0.15, -0.1) is 0 Å². The van der Waals surface area contributed by atoms with Crippen LogP contribution in [0.4, 0.5) is 21.7 Å². The van der Waals surface area contributed by atoms with Crippen molar-refractivity contribution in [1.29, 1.82) is 0 Å². The summed E-state index contributed by atoms with van der Waals surface area (Å²) in [7, 11) is 4.49. The number of carbonyl (C=O) groups excluding carboxylic acids is 1. The van der Waals surface area contributed by atoms with Gasteiger partial charge in [0.2, 0.25) is 5.95 Å². The zero-order valence-electron chi connectivity index (χ0n) is 22.0. The van der Waals surface area contributed by atoms with E-state index in [2.05, 4.69) is 49.2 Å². The number of anilines is 3. The Bertz CT molecular complexity index is 1350. The molecule has 0 aliphatic carbocycles. The molecular weight excluding hydrogens is 487 g/mol. The first kappa shape index (κ1) is 26.7. The van der Waals surface area contributed by atoms with E-state index in [1.165, 1.54) is 26.3 Å². The van der Waals surface area contributed by atoms with Gasteiger partial charge in [-0.3, -0.25) is 4.79 Å². The molecule has 1 saturated heterocycles. The second kappa shape index (κ2) is 12.3. The lowest BCUT2D eigenvalue weighted by Gasteiger charge is -2.36. The van der Waals surface area contributed by atoms with Crippen molar-refractivity contribution in [1.82, 2.24) is 20.2 Å². The Morgan fingerprint density at radius 3 is 2.37 bits per heavy atom. The predicted molar refractivity (Wildman–Crippen MR) is 145 cm³/mol. The monoisotopic (exact) mass is 518 g/mol. The number of amides is 1. The molecule has 0 bridgehead atoms. The molecule has 0 unspecified atom stereocenters. The number of rotatable bonds is 7. The molecule has 10 heteroatoms. The van der Waals surface area contributed by atoms with Gasteiger partial charge in [-0.1, -0.05) is 18.8 Å². The van der Waals surface area contributed by atoms with E-state index in [-0.39, 0.29) is 22.8 Å². The highest BCUT2D eigenvalue weighted by Gasteiger charge is 2.19. The number of nitrogens with zero attached hydrogens (tertiary/aromatic N) is 4. The van der Waals surface area contributed by atoms with Crippen molar-refractivity contribution in [3.05, 3.63) is 65.2 Å². The standard InChI is InChI=1S/C28H31FN6O3/c1-5-34-10-12-35(13-11-34)23-9-8-22(16-24(23)37-3)33-28-31-17-19(18-32-28)6-7-20-14-21(27(36)30-2)15-25(38-4)26(20)29/h8-9,14-18H,5,10-13H2,1-4H3,(H,30,36)(H,31,32,33). The summed E-state index contributed by atoms with van der Waals surface area (Å²) in [4.78, 5) is 25.4. The fourth-order valence-corrected chi connectivity index (χ4v) is 4.16. The fraction of sp³-hybridized carbons (Fsp3) is 0.321. The first-order chi connectivity index (χ1) is 18.4. The van der Waals surface area contributed by atoms with Crippen LogP contribution < -0.4 is 25.0 Å². The summed E-state index contributed by atoms with van der Waals surface area (Å²) in [5.41, 5.74) is 2.61. The zero-order chi connectivity index (χ0) is 27.1. The summed E-state index contributed by atoms with van der Waals surface area (Å²) in [6, 6.07) is 8.64.